The van der Waals surface area contributed by atoms with Gasteiger partial charge in [-0.1, -0.05) is 36.4 Å². The molecule has 0 bridgehead atoms. The van der Waals surface area contributed by atoms with E-state index < -0.39 is 0 Å². The molecule has 5 nitrogen and oxygen atoms in total. The quantitative estimate of drug-likeness (QED) is 0.708. The molecule has 1 atom stereocenters. The van der Waals surface area contributed by atoms with Crippen LogP contribution >= 0.6 is 0 Å². The monoisotopic (exact) mass is 350 g/mol. The van der Waals surface area contributed by atoms with E-state index in [0.717, 1.165) is 24.1 Å². The van der Waals surface area contributed by atoms with E-state index in [2.05, 4.69) is 63.0 Å². The Labute approximate surface area is 154 Å². The number of hydrogen-bond acceptors (Lipinski definition) is 5. The number of benzene rings is 2. The highest BCUT2D eigenvalue weighted by Gasteiger charge is 2.19. The summed E-state index contributed by atoms with van der Waals surface area (Å²) in [6.45, 7) is 4.42. The Morgan fingerprint density at radius 3 is 2.85 bits per heavy atom. The Morgan fingerprint density at radius 1 is 1.04 bits per heavy atom. The van der Waals surface area contributed by atoms with Crippen molar-refractivity contribution in [1.29, 1.82) is 0 Å². The van der Waals surface area contributed by atoms with Crippen molar-refractivity contribution in [1.82, 2.24) is 20.5 Å². The summed E-state index contributed by atoms with van der Waals surface area (Å²) in [5.41, 5.74) is 4.32. The standard InChI is InChI=1S/C21H26N4O/c1-2-6-17(7-3-1)8-4-12-25-13-5-9-19(16-25)22-15-18-10-11-20-21(14-18)24-26-23-20/h1-3,6-7,10-11,14,19,22H,4-5,8-9,12-13,15-16H2. The lowest BCUT2D eigenvalue weighted by Crippen LogP contribution is -2.45. The molecule has 2 aromatic carbocycles. The molecule has 1 saturated heterocycles. The van der Waals surface area contributed by atoms with Crippen molar-refractivity contribution >= 4 is 11.0 Å². The van der Waals surface area contributed by atoms with Crippen molar-refractivity contribution in [3.63, 3.8) is 0 Å². The highest BCUT2D eigenvalue weighted by atomic mass is 16.6. The fraction of sp³-hybridized carbons (Fsp3) is 0.429. The van der Waals surface area contributed by atoms with Crippen molar-refractivity contribution in [3.05, 3.63) is 59.7 Å². The molecule has 0 amide bonds. The van der Waals surface area contributed by atoms with E-state index in [4.69, 9.17) is 4.63 Å². The Hall–Kier alpha value is -2.24. The molecular weight excluding hydrogens is 324 g/mol. The van der Waals surface area contributed by atoms with Crippen LogP contribution in [0.15, 0.2) is 53.2 Å². The van der Waals surface area contributed by atoms with Crippen LogP contribution in [0.5, 0.6) is 0 Å². The van der Waals surface area contributed by atoms with Gasteiger partial charge >= 0.3 is 0 Å². The highest BCUT2D eigenvalue weighted by Crippen LogP contribution is 2.14. The second-order valence-corrected chi connectivity index (χ2v) is 7.20. The maximum Gasteiger partial charge on any atom is 0.135 e. The van der Waals surface area contributed by atoms with Crippen LogP contribution in [0.3, 0.4) is 0 Å². The van der Waals surface area contributed by atoms with Gasteiger partial charge in [0.1, 0.15) is 11.0 Å². The van der Waals surface area contributed by atoms with Gasteiger partial charge in [-0.25, -0.2) is 4.63 Å². The Morgan fingerprint density at radius 2 is 1.92 bits per heavy atom. The van der Waals surface area contributed by atoms with Gasteiger partial charge in [-0.3, -0.25) is 0 Å². The summed E-state index contributed by atoms with van der Waals surface area (Å²) >= 11 is 0. The average molecular weight is 350 g/mol. The predicted molar refractivity (Wildman–Crippen MR) is 103 cm³/mol. The summed E-state index contributed by atoms with van der Waals surface area (Å²) in [6.07, 6.45) is 4.92. The zero-order valence-electron chi connectivity index (χ0n) is 15.1. The Kier molecular flexibility index (Phi) is 5.57. The minimum Gasteiger partial charge on any atom is -0.309 e. The average Bonchev–Trinajstić information content (AvgIpc) is 3.15. The summed E-state index contributed by atoms with van der Waals surface area (Å²) < 4.78 is 4.77. The number of nitrogens with zero attached hydrogens (tertiary/aromatic N) is 3. The van der Waals surface area contributed by atoms with Gasteiger partial charge in [0.05, 0.1) is 0 Å². The molecule has 0 radical (unpaired) electrons. The van der Waals surface area contributed by atoms with Crippen LogP contribution in [0.25, 0.3) is 11.0 Å². The van der Waals surface area contributed by atoms with Gasteiger partial charge in [0.15, 0.2) is 0 Å². The first-order chi connectivity index (χ1) is 12.9. The van der Waals surface area contributed by atoms with Gasteiger partial charge in [-0.2, -0.15) is 0 Å². The molecule has 2 heterocycles. The second-order valence-electron chi connectivity index (χ2n) is 7.20. The minimum absolute atomic E-state index is 0.562. The molecule has 1 unspecified atom stereocenters. The first-order valence-corrected chi connectivity index (χ1v) is 9.58. The third-order valence-electron chi connectivity index (χ3n) is 5.20. The van der Waals surface area contributed by atoms with E-state index >= 15 is 0 Å². The summed E-state index contributed by atoms with van der Waals surface area (Å²) in [6, 6.07) is 17.5. The summed E-state index contributed by atoms with van der Waals surface area (Å²) in [5, 5.41) is 11.5. The molecule has 0 spiro atoms. The molecule has 4 rings (SSSR count). The summed E-state index contributed by atoms with van der Waals surface area (Å²) in [5.74, 6) is 0. The molecule has 5 heteroatoms. The van der Waals surface area contributed by atoms with Crippen LogP contribution in [0.1, 0.15) is 30.4 Å². The maximum atomic E-state index is 4.77. The van der Waals surface area contributed by atoms with Crippen LogP contribution in [0.2, 0.25) is 0 Å². The summed E-state index contributed by atoms with van der Waals surface area (Å²) in [7, 11) is 0. The molecule has 1 aromatic heterocycles. The lowest BCUT2D eigenvalue weighted by Gasteiger charge is -2.33. The van der Waals surface area contributed by atoms with Crippen LogP contribution in [0, 0.1) is 0 Å². The van der Waals surface area contributed by atoms with Crippen molar-refractivity contribution < 1.29 is 4.63 Å². The van der Waals surface area contributed by atoms with Gasteiger partial charge in [0.25, 0.3) is 0 Å². The van der Waals surface area contributed by atoms with Crippen molar-refractivity contribution in [3.8, 4) is 0 Å². The third kappa shape index (κ3) is 4.48. The molecule has 1 N–H and O–H groups in total. The lowest BCUT2D eigenvalue weighted by molar-refractivity contribution is 0.188. The van der Waals surface area contributed by atoms with Crippen LogP contribution in [0.4, 0.5) is 0 Å². The molecule has 1 aliphatic heterocycles. The molecule has 136 valence electrons. The van der Waals surface area contributed by atoms with Crippen molar-refractivity contribution in [2.45, 2.75) is 38.3 Å². The maximum absolute atomic E-state index is 4.77. The molecule has 3 aromatic rings. The molecule has 26 heavy (non-hydrogen) atoms. The van der Waals surface area contributed by atoms with Gasteiger partial charge in [-0.05, 0) is 72.3 Å². The normalized spacial score (nSPS) is 18.4. The number of rotatable bonds is 7. The van der Waals surface area contributed by atoms with Crippen LogP contribution in [-0.2, 0) is 13.0 Å². The topological polar surface area (TPSA) is 54.2 Å². The Balaban J connectivity index is 1.23. The van der Waals surface area contributed by atoms with Gasteiger partial charge in [-0.15, -0.1) is 0 Å². The molecule has 1 fully saturated rings. The number of hydrogen-bond donors (Lipinski definition) is 1. The molecule has 0 saturated carbocycles. The van der Waals surface area contributed by atoms with E-state index in [0.29, 0.717) is 6.04 Å². The first-order valence-electron chi connectivity index (χ1n) is 9.58. The highest BCUT2D eigenvalue weighted by molar-refractivity contribution is 5.73. The largest absolute Gasteiger partial charge is 0.309 e. The smallest absolute Gasteiger partial charge is 0.135 e. The predicted octanol–water partition coefficient (Wildman–Crippen LogP) is 3.41. The fourth-order valence-electron chi connectivity index (χ4n) is 3.78. The minimum atomic E-state index is 0.562. The van der Waals surface area contributed by atoms with Gasteiger partial charge in [0.2, 0.25) is 0 Å². The first kappa shape index (κ1) is 17.2. The Bertz CT molecular complexity index is 817. The third-order valence-corrected chi connectivity index (χ3v) is 5.20. The number of aromatic nitrogens is 2. The zero-order chi connectivity index (χ0) is 17.6. The van der Waals surface area contributed by atoms with Gasteiger partial charge < -0.3 is 10.2 Å². The van der Waals surface area contributed by atoms with Crippen molar-refractivity contribution in [2.75, 3.05) is 19.6 Å². The molecule has 1 aliphatic rings. The van der Waals surface area contributed by atoms with Gasteiger partial charge in [0, 0.05) is 19.1 Å². The number of nitrogens with one attached hydrogen (secondary N) is 1. The number of piperidine rings is 1. The number of aryl methyl sites for hydroxylation is 1. The van der Waals surface area contributed by atoms with Crippen LogP contribution in [-0.4, -0.2) is 40.9 Å². The van der Waals surface area contributed by atoms with Crippen molar-refractivity contribution in [2.24, 2.45) is 0 Å². The van der Waals surface area contributed by atoms with E-state index in [1.807, 2.05) is 6.07 Å². The molecule has 0 aliphatic carbocycles. The SMILES string of the molecule is c1ccc(CCCN2CCCC(NCc3ccc4nonc4c3)C2)cc1. The number of likely N-dealkylation sites (tertiary alicyclic amines) is 1. The fourth-order valence-corrected chi connectivity index (χ4v) is 3.78. The van der Waals surface area contributed by atoms with E-state index in [9.17, 15) is 0 Å². The lowest BCUT2D eigenvalue weighted by atomic mass is 10.0. The number of fused-ring (bicyclic) bond motifs is 1. The second kappa shape index (κ2) is 8.43. The van der Waals surface area contributed by atoms with Crippen LogP contribution < -0.4 is 5.32 Å². The zero-order valence-corrected chi connectivity index (χ0v) is 15.1. The van der Waals surface area contributed by atoms with E-state index in [1.54, 1.807) is 0 Å². The molecular formula is C21H26N4O. The summed E-state index contributed by atoms with van der Waals surface area (Å²) in [4.78, 5) is 2.61. The van der Waals surface area contributed by atoms with E-state index in [-0.39, 0.29) is 0 Å². The van der Waals surface area contributed by atoms with E-state index in [1.165, 1.54) is 49.9 Å².